The van der Waals surface area contributed by atoms with Crippen molar-refractivity contribution in [2.45, 2.75) is 25.6 Å². The van der Waals surface area contributed by atoms with Gasteiger partial charge in [0.1, 0.15) is 5.75 Å². The van der Waals surface area contributed by atoms with Gasteiger partial charge >= 0.3 is 0 Å². The molecule has 2 heterocycles. The highest BCUT2D eigenvalue weighted by Gasteiger charge is 2.31. The van der Waals surface area contributed by atoms with Crippen LogP contribution in [-0.4, -0.2) is 44.7 Å². The summed E-state index contributed by atoms with van der Waals surface area (Å²) >= 11 is 6.14. The summed E-state index contributed by atoms with van der Waals surface area (Å²) in [5, 5.41) is 0.644. The molecule has 2 aliphatic rings. The lowest BCUT2D eigenvalue weighted by Gasteiger charge is -2.26. The van der Waals surface area contributed by atoms with Crippen molar-refractivity contribution in [3.8, 4) is 5.75 Å². The van der Waals surface area contributed by atoms with Gasteiger partial charge in [0.15, 0.2) is 16.6 Å². The minimum atomic E-state index is -2.88. The Balaban J connectivity index is 1.80. The Kier molecular flexibility index (Phi) is 4.14. The fourth-order valence-corrected chi connectivity index (χ4v) is 4.96. The van der Waals surface area contributed by atoms with Crippen LogP contribution < -0.4 is 4.74 Å². The van der Waals surface area contributed by atoms with Crippen LogP contribution in [0.3, 0.4) is 0 Å². The van der Waals surface area contributed by atoms with E-state index in [4.69, 9.17) is 21.1 Å². The third kappa shape index (κ3) is 3.34. The first-order valence-electron chi connectivity index (χ1n) is 6.87. The molecule has 7 heteroatoms. The van der Waals surface area contributed by atoms with Gasteiger partial charge in [-0.25, -0.2) is 8.42 Å². The molecule has 1 aromatic rings. The number of sulfone groups is 1. The number of nitrogens with zero attached hydrogens (tertiary/aromatic N) is 1. The second-order valence-electron chi connectivity index (χ2n) is 5.64. The smallest absolute Gasteiger partial charge is 0.189 e. The zero-order chi connectivity index (χ0) is 15.0. The van der Waals surface area contributed by atoms with Crippen molar-refractivity contribution in [3.05, 3.63) is 28.3 Å². The lowest BCUT2D eigenvalue weighted by molar-refractivity contribution is -0.0174. The van der Waals surface area contributed by atoms with Crippen molar-refractivity contribution >= 4 is 21.4 Å². The third-order valence-electron chi connectivity index (χ3n) is 4.00. The standard InChI is InChI=1S/C14H18ClNO4S/c1-16(13-2-3-21(17,18)8-13)6-10-4-12(15)5-11-7-19-9-20-14(10)11/h4-5,13H,2-3,6-9H2,1H3. The van der Waals surface area contributed by atoms with Gasteiger partial charge in [0.2, 0.25) is 0 Å². The molecule has 0 aliphatic carbocycles. The van der Waals surface area contributed by atoms with Gasteiger partial charge in [-0.1, -0.05) is 11.6 Å². The second-order valence-corrected chi connectivity index (χ2v) is 8.30. The van der Waals surface area contributed by atoms with Crippen molar-refractivity contribution in [2.24, 2.45) is 0 Å². The number of ether oxygens (including phenoxy) is 2. The molecule has 0 amide bonds. The second kappa shape index (κ2) is 5.76. The highest BCUT2D eigenvalue weighted by Crippen LogP contribution is 2.33. The summed E-state index contributed by atoms with van der Waals surface area (Å²) in [5.41, 5.74) is 1.92. The largest absolute Gasteiger partial charge is 0.467 e. The molecular formula is C14H18ClNO4S. The summed E-state index contributed by atoms with van der Waals surface area (Å²) in [4.78, 5) is 2.06. The molecule has 1 unspecified atom stereocenters. The van der Waals surface area contributed by atoms with Gasteiger partial charge in [-0.3, -0.25) is 4.90 Å². The van der Waals surface area contributed by atoms with Crippen LogP contribution >= 0.6 is 11.6 Å². The van der Waals surface area contributed by atoms with Crippen LogP contribution in [0.4, 0.5) is 0 Å². The van der Waals surface area contributed by atoms with Gasteiger partial charge < -0.3 is 9.47 Å². The number of hydrogen-bond acceptors (Lipinski definition) is 5. The number of fused-ring (bicyclic) bond motifs is 1. The van der Waals surface area contributed by atoms with Crippen LogP contribution in [0.5, 0.6) is 5.75 Å². The van der Waals surface area contributed by atoms with E-state index >= 15 is 0 Å². The van der Waals surface area contributed by atoms with Crippen molar-refractivity contribution < 1.29 is 17.9 Å². The zero-order valence-corrected chi connectivity index (χ0v) is 13.4. The Morgan fingerprint density at radius 3 is 2.95 bits per heavy atom. The van der Waals surface area contributed by atoms with Crippen LogP contribution in [0.15, 0.2) is 12.1 Å². The maximum absolute atomic E-state index is 11.6. The fourth-order valence-electron chi connectivity index (χ4n) is 2.89. The van der Waals surface area contributed by atoms with E-state index in [0.717, 1.165) is 16.9 Å². The Morgan fingerprint density at radius 2 is 2.24 bits per heavy atom. The molecule has 21 heavy (non-hydrogen) atoms. The summed E-state index contributed by atoms with van der Waals surface area (Å²) in [6.45, 7) is 1.34. The van der Waals surface area contributed by atoms with Gasteiger partial charge in [-0.05, 0) is 25.6 Å². The van der Waals surface area contributed by atoms with Gasteiger partial charge in [-0.15, -0.1) is 0 Å². The molecule has 0 saturated carbocycles. The maximum atomic E-state index is 11.6. The van der Waals surface area contributed by atoms with Crippen molar-refractivity contribution in [3.63, 3.8) is 0 Å². The van der Waals surface area contributed by atoms with E-state index in [9.17, 15) is 8.42 Å². The van der Waals surface area contributed by atoms with Crippen LogP contribution in [0.1, 0.15) is 17.5 Å². The molecule has 1 fully saturated rings. The van der Waals surface area contributed by atoms with Gasteiger partial charge in [0.25, 0.3) is 0 Å². The maximum Gasteiger partial charge on any atom is 0.189 e. The number of halogens is 1. The molecule has 0 aromatic heterocycles. The fraction of sp³-hybridized carbons (Fsp3) is 0.571. The van der Waals surface area contributed by atoms with Crippen LogP contribution in [0.2, 0.25) is 5.02 Å². The normalized spacial score (nSPS) is 23.9. The SMILES string of the molecule is CN(Cc1cc(Cl)cc2c1OCOC2)C1CCS(=O)(=O)C1. The summed E-state index contributed by atoms with van der Waals surface area (Å²) in [6, 6.07) is 3.79. The Bertz CT molecular complexity index is 647. The summed E-state index contributed by atoms with van der Waals surface area (Å²) in [7, 11) is -0.935. The molecule has 0 spiro atoms. The molecule has 5 nitrogen and oxygen atoms in total. The van der Waals surface area contributed by atoms with Crippen molar-refractivity contribution in [1.82, 2.24) is 4.90 Å². The third-order valence-corrected chi connectivity index (χ3v) is 5.97. The molecular weight excluding hydrogens is 314 g/mol. The van der Waals surface area contributed by atoms with E-state index in [2.05, 4.69) is 4.90 Å². The van der Waals surface area contributed by atoms with E-state index < -0.39 is 9.84 Å². The first-order valence-corrected chi connectivity index (χ1v) is 9.07. The number of hydrogen-bond donors (Lipinski definition) is 0. The molecule has 1 saturated heterocycles. The predicted molar refractivity (Wildman–Crippen MR) is 80.3 cm³/mol. The van der Waals surface area contributed by atoms with Crippen LogP contribution in [0.25, 0.3) is 0 Å². The van der Waals surface area contributed by atoms with Gasteiger partial charge in [0, 0.05) is 28.7 Å². The lowest BCUT2D eigenvalue weighted by atomic mass is 10.1. The van der Waals surface area contributed by atoms with Gasteiger partial charge in [-0.2, -0.15) is 0 Å². The van der Waals surface area contributed by atoms with Crippen molar-refractivity contribution in [2.75, 3.05) is 25.3 Å². The van der Waals surface area contributed by atoms with E-state index in [-0.39, 0.29) is 24.3 Å². The minimum absolute atomic E-state index is 0.0597. The lowest BCUT2D eigenvalue weighted by Crippen LogP contribution is -2.32. The minimum Gasteiger partial charge on any atom is -0.467 e. The van der Waals surface area contributed by atoms with Crippen LogP contribution in [0, 0.1) is 0 Å². The van der Waals surface area contributed by atoms with E-state index in [0.29, 0.717) is 24.6 Å². The highest BCUT2D eigenvalue weighted by atomic mass is 35.5. The highest BCUT2D eigenvalue weighted by molar-refractivity contribution is 7.91. The topological polar surface area (TPSA) is 55.8 Å². The van der Waals surface area contributed by atoms with E-state index in [1.54, 1.807) is 0 Å². The molecule has 116 valence electrons. The quantitative estimate of drug-likeness (QED) is 0.845. The molecule has 0 bridgehead atoms. The first-order chi connectivity index (χ1) is 9.94. The Hall–Kier alpha value is -0.820. The average molecular weight is 332 g/mol. The van der Waals surface area contributed by atoms with Crippen molar-refractivity contribution in [1.29, 1.82) is 0 Å². The first kappa shape index (κ1) is 15.1. The summed E-state index contributed by atoms with van der Waals surface area (Å²) in [6.07, 6.45) is 0.686. The summed E-state index contributed by atoms with van der Waals surface area (Å²) < 4.78 is 34.0. The monoisotopic (exact) mass is 331 g/mol. The molecule has 1 atom stereocenters. The molecule has 2 aliphatic heterocycles. The van der Waals surface area contributed by atoms with Gasteiger partial charge in [0.05, 0.1) is 18.1 Å². The molecule has 3 rings (SSSR count). The Morgan fingerprint density at radius 1 is 1.43 bits per heavy atom. The Labute approximate surface area is 129 Å². The molecule has 0 radical (unpaired) electrons. The predicted octanol–water partition coefficient (Wildman–Crippen LogP) is 1.83. The molecule has 1 aromatic carbocycles. The zero-order valence-electron chi connectivity index (χ0n) is 11.8. The van der Waals surface area contributed by atoms with E-state index in [1.165, 1.54) is 0 Å². The number of benzene rings is 1. The molecule has 0 N–H and O–H groups in total. The van der Waals surface area contributed by atoms with Crippen LogP contribution in [-0.2, 0) is 27.7 Å². The summed E-state index contributed by atoms with van der Waals surface area (Å²) in [5.74, 6) is 1.33. The number of rotatable bonds is 3. The van der Waals surface area contributed by atoms with E-state index in [1.807, 2.05) is 19.2 Å². The average Bonchev–Trinajstić information content (AvgIpc) is 2.79.